The van der Waals surface area contributed by atoms with Crippen molar-refractivity contribution in [3.05, 3.63) is 71.3 Å². The molecule has 1 aliphatic carbocycles. The summed E-state index contributed by atoms with van der Waals surface area (Å²) < 4.78 is 29.1. The largest absolute Gasteiger partial charge is 0.271 e. The second kappa shape index (κ2) is 8.63. The third kappa shape index (κ3) is 5.68. The van der Waals surface area contributed by atoms with Gasteiger partial charge in [-0.3, -0.25) is 4.18 Å². The van der Waals surface area contributed by atoms with Crippen molar-refractivity contribution < 1.29 is 12.6 Å². The number of rotatable bonds is 8. The monoisotopic (exact) mass is 358 g/mol. The van der Waals surface area contributed by atoms with Crippen molar-refractivity contribution in [1.29, 1.82) is 0 Å². The van der Waals surface area contributed by atoms with Crippen molar-refractivity contribution in [3.63, 3.8) is 0 Å². The van der Waals surface area contributed by atoms with Gasteiger partial charge in [0.1, 0.15) is 5.75 Å². The van der Waals surface area contributed by atoms with E-state index in [9.17, 15) is 8.42 Å². The Morgan fingerprint density at radius 3 is 2.24 bits per heavy atom. The van der Waals surface area contributed by atoms with Gasteiger partial charge in [0, 0.05) is 0 Å². The molecular formula is C21H26O3S. The smallest absolute Gasteiger partial charge is 0.270 e. The van der Waals surface area contributed by atoms with E-state index in [1.807, 2.05) is 18.2 Å². The lowest BCUT2D eigenvalue weighted by molar-refractivity contribution is 0.311. The molecule has 3 nitrogen and oxygen atoms in total. The number of aryl methyl sites for hydroxylation is 1. The maximum atomic E-state index is 12.0. The van der Waals surface area contributed by atoms with E-state index in [1.165, 1.54) is 36.8 Å². The highest BCUT2D eigenvalue weighted by molar-refractivity contribution is 7.85. The molecule has 0 radical (unpaired) electrons. The Morgan fingerprint density at radius 2 is 1.56 bits per heavy atom. The Labute approximate surface area is 151 Å². The van der Waals surface area contributed by atoms with Crippen LogP contribution in [-0.4, -0.2) is 15.0 Å². The molecule has 0 amide bonds. The van der Waals surface area contributed by atoms with Crippen LogP contribution in [0.5, 0.6) is 0 Å². The lowest BCUT2D eigenvalue weighted by atomic mass is 9.96. The zero-order chi connectivity index (χ0) is 17.5. The lowest BCUT2D eigenvalue weighted by Crippen LogP contribution is -2.10. The van der Waals surface area contributed by atoms with Gasteiger partial charge in [0.15, 0.2) is 0 Å². The number of hydrogen-bond acceptors (Lipinski definition) is 3. The second-order valence-corrected chi connectivity index (χ2v) is 8.48. The Morgan fingerprint density at radius 1 is 0.880 bits per heavy atom. The van der Waals surface area contributed by atoms with Crippen LogP contribution in [0.4, 0.5) is 0 Å². The van der Waals surface area contributed by atoms with E-state index in [-0.39, 0.29) is 12.4 Å². The summed E-state index contributed by atoms with van der Waals surface area (Å²) >= 11 is 0. The highest BCUT2D eigenvalue weighted by Crippen LogP contribution is 2.34. The average Bonchev–Trinajstić information content (AvgIpc) is 3.14. The van der Waals surface area contributed by atoms with Crippen LogP contribution < -0.4 is 0 Å². The van der Waals surface area contributed by atoms with Gasteiger partial charge in [0.25, 0.3) is 10.1 Å². The predicted molar refractivity (Wildman–Crippen MR) is 101 cm³/mol. The van der Waals surface area contributed by atoms with Crippen LogP contribution in [-0.2, 0) is 26.5 Å². The van der Waals surface area contributed by atoms with Crippen molar-refractivity contribution in [3.8, 4) is 0 Å². The summed E-state index contributed by atoms with van der Waals surface area (Å²) in [7, 11) is -3.51. The first kappa shape index (κ1) is 18.2. The third-order valence-corrected chi connectivity index (χ3v) is 6.08. The van der Waals surface area contributed by atoms with Crippen LogP contribution in [0.25, 0.3) is 0 Å². The van der Waals surface area contributed by atoms with Crippen molar-refractivity contribution in [2.75, 3.05) is 6.61 Å². The minimum Gasteiger partial charge on any atom is -0.270 e. The molecule has 1 saturated carbocycles. The molecular weight excluding hydrogens is 332 g/mol. The Bertz CT molecular complexity index is 745. The molecule has 1 aliphatic rings. The van der Waals surface area contributed by atoms with E-state index in [1.54, 1.807) is 12.1 Å². The molecule has 1 fully saturated rings. The minimum atomic E-state index is -3.51. The van der Waals surface area contributed by atoms with Gasteiger partial charge in [0.05, 0.1) is 6.61 Å². The van der Waals surface area contributed by atoms with Crippen LogP contribution in [0.1, 0.15) is 54.7 Å². The van der Waals surface area contributed by atoms with Gasteiger partial charge in [-0.25, -0.2) is 0 Å². The van der Waals surface area contributed by atoms with E-state index in [0.717, 1.165) is 17.9 Å². The fourth-order valence-corrected chi connectivity index (χ4v) is 4.55. The minimum absolute atomic E-state index is 0.0656. The first-order valence-corrected chi connectivity index (χ1v) is 10.7. The topological polar surface area (TPSA) is 43.4 Å². The quantitative estimate of drug-likeness (QED) is 0.502. The Kier molecular flexibility index (Phi) is 6.27. The molecule has 0 N–H and O–H groups in total. The first-order valence-electron chi connectivity index (χ1n) is 9.12. The summed E-state index contributed by atoms with van der Waals surface area (Å²) in [6, 6.07) is 17.9. The van der Waals surface area contributed by atoms with E-state index < -0.39 is 10.1 Å². The fraction of sp³-hybridized carbons (Fsp3) is 0.429. The van der Waals surface area contributed by atoms with Gasteiger partial charge < -0.3 is 0 Å². The highest BCUT2D eigenvalue weighted by Gasteiger charge is 2.16. The van der Waals surface area contributed by atoms with Crippen molar-refractivity contribution in [2.45, 2.75) is 50.2 Å². The van der Waals surface area contributed by atoms with Gasteiger partial charge in [-0.05, 0) is 48.3 Å². The Balaban J connectivity index is 1.42. The van der Waals surface area contributed by atoms with Crippen LogP contribution in [0.2, 0.25) is 0 Å². The second-order valence-electron chi connectivity index (χ2n) is 6.84. The summed E-state index contributed by atoms with van der Waals surface area (Å²) in [5.74, 6) is 0.671. The predicted octanol–water partition coefficient (Wildman–Crippen LogP) is 4.82. The number of benzene rings is 2. The molecule has 2 aromatic carbocycles. The van der Waals surface area contributed by atoms with Crippen molar-refractivity contribution in [2.24, 2.45) is 0 Å². The normalized spacial score (nSPS) is 15.5. The van der Waals surface area contributed by atoms with E-state index in [0.29, 0.717) is 6.42 Å². The average molecular weight is 359 g/mol. The summed E-state index contributed by atoms with van der Waals surface area (Å²) in [6.45, 7) is 0.236. The first-order chi connectivity index (χ1) is 12.1. The summed E-state index contributed by atoms with van der Waals surface area (Å²) in [5.41, 5.74) is 3.44. The van der Waals surface area contributed by atoms with Gasteiger partial charge in [0.2, 0.25) is 0 Å². The third-order valence-electron chi connectivity index (χ3n) is 4.87. The molecule has 4 heteroatoms. The maximum Gasteiger partial charge on any atom is 0.271 e. The molecule has 0 unspecified atom stereocenters. The molecule has 0 atom stereocenters. The molecule has 0 bridgehead atoms. The summed E-state index contributed by atoms with van der Waals surface area (Å²) in [4.78, 5) is 0. The van der Waals surface area contributed by atoms with Gasteiger partial charge >= 0.3 is 0 Å². The molecule has 0 aliphatic heterocycles. The fourth-order valence-electron chi connectivity index (χ4n) is 3.50. The molecule has 0 heterocycles. The van der Waals surface area contributed by atoms with Crippen LogP contribution in [0.15, 0.2) is 54.6 Å². The summed E-state index contributed by atoms with van der Waals surface area (Å²) in [5, 5.41) is 0. The van der Waals surface area contributed by atoms with E-state index >= 15 is 0 Å². The van der Waals surface area contributed by atoms with Crippen LogP contribution in [0.3, 0.4) is 0 Å². The number of hydrogen-bond donors (Lipinski definition) is 0. The highest BCUT2D eigenvalue weighted by atomic mass is 32.2. The molecule has 3 rings (SSSR count). The van der Waals surface area contributed by atoms with E-state index in [4.69, 9.17) is 4.18 Å². The van der Waals surface area contributed by atoms with Gasteiger partial charge in [-0.2, -0.15) is 8.42 Å². The molecule has 0 spiro atoms. The summed E-state index contributed by atoms with van der Waals surface area (Å²) in [6.07, 6.45) is 6.87. The molecule has 25 heavy (non-hydrogen) atoms. The standard InChI is InChI=1S/C21H26O3S/c22-25(23,17-19-7-2-1-3-8-19)24-16-6-9-18-12-14-21(15-13-18)20-10-4-5-11-20/h1-3,7-8,12-15,20H,4-6,9-11,16-17H2. The maximum absolute atomic E-state index is 12.0. The van der Waals surface area contributed by atoms with E-state index in [2.05, 4.69) is 24.3 Å². The van der Waals surface area contributed by atoms with Crippen LogP contribution in [0, 0.1) is 0 Å². The molecule has 134 valence electrons. The zero-order valence-corrected chi connectivity index (χ0v) is 15.4. The molecule has 0 saturated heterocycles. The molecule has 0 aromatic heterocycles. The Hall–Kier alpha value is -1.65. The lowest BCUT2D eigenvalue weighted by Gasteiger charge is -2.10. The van der Waals surface area contributed by atoms with Crippen molar-refractivity contribution >= 4 is 10.1 Å². The van der Waals surface area contributed by atoms with Gasteiger partial charge in [-0.1, -0.05) is 67.4 Å². The zero-order valence-electron chi connectivity index (χ0n) is 14.6. The SMILES string of the molecule is O=S(=O)(Cc1ccccc1)OCCCc1ccc(C2CCCC2)cc1. The van der Waals surface area contributed by atoms with Crippen LogP contribution >= 0.6 is 0 Å². The van der Waals surface area contributed by atoms with Crippen molar-refractivity contribution in [1.82, 2.24) is 0 Å². The van der Waals surface area contributed by atoms with Gasteiger partial charge in [-0.15, -0.1) is 0 Å². The molecule has 2 aromatic rings.